The first-order valence-corrected chi connectivity index (χ1v) is 9.29. The summed E-state index contributed by atoms with van der Waals surface area (Å²) < 4.78 is 31.2. The Hall–Kier alpha value is -2.86. The number of hydrogen-bond donors (Lipinski definition) is 1. The van der Waals surface area contributed by atoms with E-state index in [0.29, 0.717) is 5.56 Å². The van der Waals surface area contributed by atoms with E-state index in [-0.39, 0.29) is 23.1 Å². The number of sulfone groups is 1. The van der Waals surface area contributed by atoms with E-state index in [4.69, 9.17) is 4.42 Å². The van der Waals surface area contributed by atoms with Gasteiger partial charge in [0.2, 0.25) is 0 Å². The lowest BCUT2D eigenvalue weighted by atomic mass is 10.2. The van der Waals surface area contributed by atoms with Crippen LogP contribution in [0.3, 0.4) is 0 Å². The van der Waals surface area contributed by atoms with Crippen LogP contribution in [0.5, 0.6) is 0 Å². The first-order valence-electron chi connectivity index (χ1n) is 7.74. The van der Waals surface area contributed by atoms with E-state index < -0.39 is 15.1 Å². The first-order chi connectivity index (χ1) is 12.1. The van der Waals surface area contributed by atoms with E-state index in [9.17, 15) is 13.2 Å². The largest absolute Gasteiger partial charge is 0.468 e. The lowest BCUT2D eigenvalue weighted by molar-refractivity contribution is 0.0953. The van der Waals surface area contributed by atoms with Crippen LogP contribution in [0.1, 0.15) is 21.4 Å². The second-order valence-corrected chi connectivity index (χ2v) is 7.57. The molecule has 0 saturated carbocycles. The lowest BCUT2D eigenvalue weighted by Crippen LogP contribution is -2.31. The summed E-state index contributed by atoms with van der Waals surface area (Å²) in [5, 5.41) is 1.68. The summed E-state index contributed by atoms with van der Waals surface area (Å²) >= 11 is 0. The molecule has 5 nitrogen and oxygen atoms in total. The van der Waals surface area contributed by atoms with Crippen molar-refractivity contribution in [1.82, 2.24) is 5.32 Å². The molecule has 0 bridgehead atoms. The van der Waals surface area contributed by atoms with E-state index in [0.717, 1.165) is 0 Å². The summed E-state index contributed by atoms with van der Waals surface area (Å²) in [5.74, 6) is -0.0439. The Kier molecular flexibility index (Phi) is 5.00. The number of carbonyl (C=O) groups is 1. The second-order valence-electron chi connectivity index (χ2n) is 5.44. The van der Waals surface area contributed by atoms with Crippen molar-refractivity contribution in [3.05, 3.63) is 90.4 Å². The SMILES string of the molecule is O=C(NC[C@@H](c1ccco1)S(=O)(=O)c1ccccc1)c1ccccc1. The highest BCUT2D eigenvalue weighted by molar-refractivity contribution is 7.91. The Morgan fingerprint density at radius 3 is 2.16 bits per heavy atom. The van der Waals surface area contributed by atoms with Gasteiger partial charge in [0.1, 0.15) is 11.0 Å². The molecule has 6 heteroatoms. The maximum Gasteiger partial charge on any atom is 0.251 e. The van der Waals surface area contributed by atoms with E-state index in [1.807, 2.05) is 6.07 Å². The number of amides is 1. The average Bonchev–Trinajstić information content (AvgIpc) is 3.17. The van der Waals surface area contributed by atoms with Gasteiger partial charge in [0, 0.05) is 12.1 Å². The molecule has 3 aromatic rings. The zero-order valence-corrected chi connectivity index (χ0v) is 14.1. The van der Waals surface area contributed by atoms with Crippen molar-refractivity contribution in [1.29, 1.82) is 0 Å². The number of nitrogens with one attached hydrogen (secondary N) is 1. The van der Waals surface area contributed by atoms with Crippen LogP contribution in [0, 0.1) is 0 Å². The fourth-order valence-electron chi connectivity index (χ4n) is 2.49. The highest BCUT2D eigenvalue weighted by atomic mass is 32.2. The molecule has 128 valence electrons. The zero-order valence-electron chi connectivity index (χ0n) is 13.3. The summed E-state index contributed by atoms with van der Waals surface area (Å²) in [6.45, 7) is -0.0849. The van der Waals surface area contributed by atoms with E-state index in [2.05, 4.69) is 5.32 Å². The minimum absolute atomic E-state index is 0.0849. The monoisotopic (exact) mass is 355 g/mol. The molecule has 1 atom stereocenters. The third-order valence-electron chi connectivity index (χ3n) is 3.79. The number of carbonyl (C=O) groups excluding carboxylic acids is 1. The van der Waals surface area contributed by atoms with Crippen molar-refractivity contribution < 1.29 is 17.6 Å². The van der Waals surface area contributed by atoms with Crippen LogP contribution in [-0.2, 0) is 9.84 Å². The fraction of sp³-hybridized carbons (Fsp3) is 0.105. The Labute approximate surface area is 146 Å². The van der Waals surface area contributed by atoms with Crippen molar-refractivity contribution in [2.75, 3.05) is 6.54 Å². The van der Waals surface area contributed by atoms with Gasteiger partial charge in [-0.25, -0.2) is 8.42 Å². The third-order valence-corrected chi connectivity index (χ3v) is 5.87. The topological polar surface area (TPSA) is 76.4 Å². The van der Waals surface area contributed by atoms with Crippen molar-refractivity contribution in [3.63, 3.8) is 0 Å². The fourth-order valence-corrected chi connectivity index (χ4v) is 4.10. The molecule has 1 aromatic heterocycles. The highest BCUT2D eigenvalue weighted by Crippen LogP contribution is 2.28. The van der Waals surface area contributed by atoms with Gasteiger partial charge >= 0.3 is 0 Å². The van der Waals surface area contributed by atoms with Gasteiger partial charge in [0.05, 0.1) is 11.2 Å². The molecule has 0 unspecified atom stereocenters. The molecule has 0 aliphatic carbocycles. The summed E-state index contributed by atoms with van der Waals surface area (Å²) in [4.78, 5) is 12.4. The molecule has 0 saturated heterocycles. The standard InChI is InChI=1S/C19H17NO4S/c21-19(15-8-3-1-4-9-15)20-14-18(17-12-7-13-24-17)25(22,23)16-10-5-2-6-11-16/h1-13,18H,14H2,(H,20,21)/t18-/m0/s1. The first kappa shape index (κ1) is 17.0. The summed E-state index contributed by atoms with van der Waals surface area (Å²) in [6.07, 6.45) is 1.42. The number of hydrogen-bond acceptors (Lipinski definition) is 4. The predicted octanol–water partition coefficient (Wildman–Crippen LogP) is 3.22. The van der Waals surface area contributed by atoms with Crippen LogP contribution < -0.4 is 5.32 Å². The van der Waals surface area contributed by atoms with Gasteiger partial charge in [-0.2, -0.15) is 0 Å². The summed E-state index contributed by atoms with van der Waals surface area (Å²) in [7, 11) is -3.71. The zero-order chi connectivity index (χ0) is 17.7. The van der Waals surface area contributed by atoms with Gasteiger partial charge in [-0.1, -0.05) is 36.4 Å². The van der Waals surface area contributed by atoms with Gasteiger partial charge in [0.25, 0.3) is 5.91 Å². The number of benzene rings is 2. The molecule has 3 rings (SSSR count). The number of rotatable bonds is 6. The minimum Gasteiger partial charge on any atom is -0.468 e. The van der Waals surface area contributed by atoms with Gasteiger partial charge in [-0.05, 0) is 36.4 Å². The number of furan rings is 1. The molecule has 1 heterocycles. The van der Waals surface area contributed by atoms with Crippen LogP contribution in [0.25, 0.3) is 0 Å². The Morgan fingerprint density at radius 2 is 1.56 bits per heavy atom. The van der Waals surface area contributed by atoms with E-state index in [1.165, 1.54) is 18.4 Å². The smallest absolute Gasteiger partial charge is 0.251 e. The van der Waals surface area contributed by atoms with Crippen LogP contribution in [0.4, 0.5) is 0 Å². The van der Waals surface area contributed by atoms with Crippen molar-refractivity contribution >= 4 is 15.7 Å². The maximum absolute atomic E-state index is 13.0. The molecule has 25 heavy (non-hydrogen) atoms. The highest BCUT2D eigenvalue weighted by Gasteiger charge is 2.31. The van der Waals surface area contributed by atoms with Gasteiger partial charge in [-0.3, -0.25) is 4.79 Å². The predicted molar refractivity (Wildman–Crippen MR) is 93.9 cm³/mol. The van der Waals surface area contributed by atoms with Crippen molar-refractivity contribution in [2.45, 2.75) is 10.1 Å². The van der Waals surface area contributed by atoms with Gasteiger partial charge in [-0.15, -0.1) is 0 Å². The lowest BCUT2D eigenvalue weighted by Gasteiger charge is -2.16. The van der Waals surface area contributed by atoms with Crippen LogP contribution >= 0.6 is 0 Å². The van der Waals surface area contributed by atoms with Crippen LogP contribution in [0.15, 0.2) is 88.4 Å². The van der Waals surface area contributed by atoms with E-state index in [1.54, 1.807) is 54.6 Å². The Morgan fingerprint density at radius 1 is 0.920 bits per heavy atom. The molecule has 0 spiro atoms. The second kappa shape index (κ2) is 7.36. The molecule has 0 aliphatic rings. The molecule has 0 aliphatic heterocycles. The molecule has 1 N–H and O–H groups in total. The van der Waals surface area contributed by atoms with Gasteiger partial charge < -0.3 is 9.73 Å². The van der Waals surface area contributed by atoms with Crippen LogP contribution in [0.2, 0.25) is 0 Å². The molecular weight excluding hydrogens is 338 g/mol. The third kappa shape index (κ3) is 3.80. The normalized spacial score (nSPS) is 12.5. The molecule has 0 fully saturated rings. The maximum atomic E-state index is 13.0. The molecule has 1 amide bonds. The van der Waals surface area contributed by atoms with Crippen LogP contribution in [-0.4, -0.2) is 20.9 Å². The van der Waals surface area contributed by atoms with Crippen molar-refractivity contribution in [3.8, 4) is 0 Å². The Bertz CT molecular complexity index is 920. The minimum atomic E-state index is -3.71. The van der Waals surface area contributed by atoms with Gasteiger partial charge in [0.15, 0.2) is 9.84 Å². The summed E-state index contributed by atoms with van der Waals surface area (Å²) in [5.41, 5.74) is 0.470. The average molecular weight is 355 g/mol. The molecule has 0 radical (unpaired) electrons. The summed E-state index contributed by atoms with van der Waals surface area (Å²) in [6, 6.07) is 20.0. The Balaban J connectivity index is 1.86. The quantitative estimate of drug-likeness (QED) is 0.736. The van der Waals surface area contributed by atoms with E-state index >= 15 is 0 Å². The van der Waals surface area contributed by atoms with Crippen molar-refractivity contribution in [2.24, 2.45) is 0 Å². The molecule has 2 aromatic carbocycles. The molecular formula is C19H17NO4S.